The number of sulfone groups is 1. The van der Waals surface area contributed by atoms with E-state index in [1.807, 2.05) is 0 Å². The van der Waals surface area contributed by atoms with E-state index in [0.29, 0.717) is 17.9 Å². The van der Waals surface area contributed by atoms with Crippen molar-refractivity contribution in [1.29, 1.82) is 0 Å². The van der Waals surface area contributed by atoms with E-state index in [1.54, 1.807) is 0 Å². The minimum absolute atomic E-state index is 0.138. The van der Waals surface area contributed by atoms with Gasteiger partial charge >= 0.3 is 0 Å². The van der Waals surface area contributed by atoms with Gasteiger partial charge in [-0.3, -0.25) is 11.3 Å². The van der Waals surface area contributed by atoms with Crippen molar-refractivity contribution in [3.8, 4) is 12.3 Å². The van der Waals surface area contributed by atoms with Crippen LogP contribution in [0.5, 0.6) is 0 Å². The maximum absolute atomic E-state index is 11.2. The highest BCUT2D eigenvalue weighted by molar-refractivity contribution is 7.91. The van der Waals surface area contributed by atoms with Gasteiger partial charge in [-0.25, -0.2) is 8.42 Å². The Bertz CT molecular complexity index is 332. The molecule has 0 aromatic carbocycles. The Morgan fingerprint density at radius 3 is 2.80 bits per heavy atom. The van der Waals surface area contributed by atoms with Crippen LogP contribution in [-0.4, -0.2) is 26.0 Å². The monoisotopic (exact) mass is 230 g/mol. The van der Waals surface area contributed by atoms with Crippen LogP contribution < -0.4 is 11.3 Å². The molecule has 2 unspecified atom stereocenters. The van der Waals surface area contributed by atoms with Gasteiger partial charge in [0.15, 0.2) is 9.84 Å². The zero-order chi connectivity index (χ0) is 11.3. The molecule has 3 N–H and O–H groups in total. The van der Waals surface area contributed by atoms with E-state index in [2.05, 4.69) is 11.3 Å². The van der Waals surface area contributed by atoms with Gasteiger partial charge in [-0.15, -0.1) is 12.3 Å². The standard InChI is InChI=1S/C10H18N2O2S/c1-2-3-4-10(12-11)7-9-5-6-15(13,14)8-9/h1,9-10,12H,3-8,11H2. The summed E-state index contributed by atoms with van der Waals surface area (Å²) in [4.78, 5) is 0. The Hall–Kier alpha value is -0.570. The number of hydrogen-bond donors (Lipinski definition) is 2. The van der Waals surface area contributed by atoms with Crippen LogP contribution in [0.2, 0.25) is 0 Å². The average Bonchev–Trinajstić information content (AvgIpc) is 2.52. The van der Waals surface area contributed by atoms with Crippen LogP contribution in [-0.2, 0) is 9.84 Å². The molecule has 1 saturated heterocycles. The summed E-state index contributed by atoms with van der Waals surface area (Å²) < 4.78 is 22.5. The van der Waals surface area contributed by atoms with Crippen LogP contribution in [0.3, 0.4) is 0 Å². The lowest BCUT2D eigenvalue weighted by Gasteiger charge is -2.17. The zero-order valence-corrected chi connectivity index (χ0v) is 9.59. The van der Waals surface area contributed by atoms with Gasteiger partial charge in [-0.2, -0.15) is 0 Å². The lowest BCUT2D eigenvalue weighted by molar-refractivity contribution is 0.395. The van der Waals surface area contributed by atoms with Crippen molar-refractivity contribution in [2.45, 2.75) is 31.7 Å². The summed E-state index contributed by atoms with van der Waals surface area (Å²) in [5.41, 5.74) is 2.70. The summed E-state index contributed by atoms with van der Waals surface area (Å²) >= 11 is 0. The number of hydrazine groups is 1. The molecule has 0 aliphatic carbocycles. The highest BCUT2D eigenvalue weighted by Gasteiger charge is 2.29. The van der Waals surface area contributed by atoms with Crippen LogP contribution in [0, 0.1) is 18.3 Å². The molecule has 1 heterocycles. The third-order valence-electron chi connectivity index (χ3n) is 2.82. The minimum atomic E-state index is -2.78. The van der Waals surface area contributed by atoms with Gasteiger partial charge in [-0.1, -0.05) is 0 Å². The third-order valence-corrected chi connectivity index (χ3v) is 4.65. The van der Waals surface area contributed by atoms with Crippen molar-refractivity contribution in [3.63, 3.8) is 0 Å². The topological polar surface area (TPSA) is 72.2 Å². The van der Waals surface area contributed by atoms with Crippen molar-refractivity contribution in [3.05, 3.63) is 0 Å². The van der Waals surface area contributed by atoms with Crippen LogP contribution >= 0.6 is 0 Å². The second-order valence-corrected chi connectivity index (χ2v) is 6.34. The molecule has 0 spiro atoms. The molecule has 0 amide bonds. The van der Waals surface area contributed by atoms with Crippen LogP contribution in [0.25, 0.3) is 0 Å². The molecule has 86 valence electrons. The maximum Gasteiger partial charge on any atom is 0.150 e. The maximum atomic E-state index is 11.2. The molecule has 1 aliphatic heterocycles. The van der Waals surface area contributed by atoms with Crippen molar-refractivity contribution in [2.75, 3.05) is 11.5 Å². The van der Waals surface area contributed by atoms with Crippen molar-refractivity contribution in [1.82, 2.24) is 5.43 Å². The second-order valence-electron chi connectivity index (χ2n) is 4.11. The number of nitrogens with two attached hydrogens (primary N) is 1. The average molecular weight is 230 g/mol. The van der Waals surface area contributed by atoms with Crippen molar-refractivity contribution >= 4 is 9.84 Å². The van der Waals surface area contributed by atoms with E-state index in [9.17, 15) is 8.42 Å². The molecule has 0 bridgehead atoms. The number of rotatable bonds is 5. The summed E-state index contributed by atoms with van der Waals surface area (Å²) in [6.45, 7) is 0. The predicted molar refractivity (Wildman–Crippen MR) is 60.6 cm³/mol. The lowest BCUT2D eigenvalue weighted by Crippen LogP contribution is -2.36. The first-order chi connectivity index (χ1) is 7.07. The van der Waals surface area contributed by atoms with Crippen LogP contribution in [0.1, 0.15) is 25.7 Å². The Balaban J connectivity index is 2.37. The van der Waals surface area contributed by atoms with Crippen molar-refractivity contribution < 1.29 is 8.42 Å². The van der Waals surface area contributed by atoms with E-state index < -0.39 is 9.84 Å². The van der Waals surface area contributed by atoms with Crippen LogP contribution in [0.4, 0.5) is 0 Å². The fourth-order valence-corrected chi connectivity index (χ4v) is 3.87. The van der Waals surface area contributed by atoms with Gasteiger partial charge in [0.2, 0.25) is 0 Å². The Morgan fingerprint density at radius 1 is 1.60 bits per heavy atom. The second kappa shape index (κ2) is 5.50. The Kier molecular flexibility index (Phi) is 4.58. The van der Waals surface area contributed by atoms with Gasteiger partial charge in [0.1, 0.15) is 0 Å². The predicted octanol–water partition coefficient (Wildman–Crippen LogP) is 0.0565. The first-order valence-corrected chi connectivity index (χ1v) is 6.99. The third kappa shape index (κ3) is 4.20. The van der Waals surface area contributed by atoms with Gasteiger partial charge in [0.25, 0.3) is 0 Å². The molecule has 1 fully saturated rings. The molecule has 0 aromatic rings. The number of terminal acetylenes is 1. The van der Waals surface area contributed by atoms with E-state index in [0.717, 1.165) is 19.3 Å². The van der Waals surface area contributed by atoms with E-state index in [4.69, 9.17) is 12.3 Å². The highest BCUT2D eigenvalue weighted by atomic mass is 32.2. The number of nitrogens with one attached hydrogen (secondary N) is 1. The smallest absolute Gasteiger partial charge is 0.150 e. The summed E-state index contributed by atoms with van der Waals surface area (Å²) in [6, 6.07) is 0.138. The summed E-state index contributed by atoms with van der Waals surface area (Å²) in [5.74, 6) is 8.83. The molecule has 15 heavy (non-hydrogen) atoms. The quantitative estimate of drug-likeness (QED) is 0.398. The van der Waals surface area contributed by atoms with Gasteiger partial charge in [0, 0.05) is 12.5 Å². The molecule has 4 nitrogen and oxygen atoms in total. The first kappa shape index (κ1) is 12.5. The Labute approximate surface area is 91.5 Å². The molecule has 0 saturated carbocycles. The molecular weight excluding hydrogens is 212 g/mol. The molecular formula is C10H18N2O2S. The molecule has 1 rings (SSSR count). The highest BCUT2D eigenvalue weighted by Crippen LogP contribution is 2.23. The van der Waals surface area contributed by atoms with E-state index >= 15 is 0 Å². The van der Waals surface area contributed by atoms with E-state index in [1.165, 1.54) is 0 Å². The van der Waals surface area contributed by atoms with Gasteiger partial charge < -0.3 is 0 Å². The Morgan fingerprint density at radius 2 is 2.33 bits per heavy atom. The minimum Gasteiger partial charge on any atom is -0.271 e. The lowest BCUT2D eigenvalue weighted by atomic mass is 9.97. The normalized spacial score (nSPS) is 26.0. The molecule has 5 heteroatoms. The van der Waals surface area contributed by atoms with Gasteiger partial charge in [-0.05, 0) is 25.2 Å². The fraction of sp³-hybridized carbons (Fsp3) is 0.800. The molecule has 2 atom stereocenters. The number of hydrogen-bond acceptors (Lipinski definition) is 4. The zero-order valence-electron chi connectivity index (χ0n) is 8.78. The molecule has 0 aromatic heterocycles. The van der Waals surface area contributed by atoms with Crippen LogP contribution in [0.15, 0.2) is 0 Å². The fourth-order valence-electron chi connectivity index (χ4n) is 1.99. The molecule has 0 radical (unpaired) electrons. The summed E-state index contributed by atoms with van der Waals surface area (Å²) in [6.07, 6.45) is 8.22. The van der Waals surface area contributed by atoms with Gasteiger partial charge in [0.05, 0.1) is 11.5 Å². The van der Waals surface area contributed by atoms with Crippen molar-refractivity contribution in [2.24, 2.45) is 11.8 Å². The largest absolute Gasteiger partial charge is 0.271 e. The van der Waals surface area contributed by atoms with E-state index in [-0.39, 0.29) is 12.0 Å². The molecule has 1 aliphatic rings. The summed E-state index contributed by atoms with van der Waals surface area (Å²) in [7, 11) is -2.78. The summed E-state index contributed by atoms with van der Waals surface area (Å²) in [5, 5.41) is 0. The SMILES string of the molecule is C#CCCC(CC1CCS(=O)(=O)C1)NN. The first-order valence-electron chi connectivity index (χ1n) is 5.17.